The third-order valence-corrected chi connectivity index (χ3v) is 3.27. The lowest BCUT2D eigenvalue weighted by molar-refractivity contribution is 0.0197. The minimum atomic E-state index is -0.0928. The minimum Gasteiger partial charge on any atom is -0.463 e. The molecule has 1 aliphatic heterocycles. The van der Waals surface area contributed by atoms with Crippen LogP contribution < -0.4 is 14.2 Å². The number of nitrogens with zero attached hydrogens (tertiary/aromatic N) is 1. The van der Waals surface area contributed by atoms with E-state index in [4.69, 9.17) is 18.9 Å². The molecule has 0 aromatic heterocycles. The molecule has 0 spiro atoms. The summed E-state index contributed by atoms with van der Waals surface area (Å²) in [6.07, 6.45) is 0. The van der Waals surface area contributed by atoms with Gasteiger partial charge >= 0.3 is 0 Å². The molecular formula is C15H21NO5. The lowest BCUT2D eigenvalue weighted by Crippen LogP contribution is -2.30. The van der Waals surface area contributed by atoms with E-state index in [2.05, 4.69) is 0 Å². The monoisotopic (exact) mass is 295 g/mol. The predicted molar refractivity (Wildman–Crippen MR) is 76.9 cm³/mol. The first-order valence-corrected chi connectivity index (χ1v) is 7.15. The Balaban J connectivity index is 2.33. The van der Waals surface area contributed by atoms with Crippen LogP contribution in [0.1, 0.15) is 31.1 Å². The van der Waals surface area contributed by atoms with Gasteiger partial charge in [0.2, 0.25) is 12.5 Å². The van der Waals surface area contributed by atoms with Crippen LogP contribution in [0.5, 0.6) is 17.2 Å². The van der Waals surface area contributed by atoms with Gasteiger partial charge in [0.15, 0.2) is 18.3 Å². The zero-order valence-corrected chi connectivity index (χ0v) is 12.7. The topological polar surface area (TPSA) is 57.2 Å². The second-order valence-corrected chi connectivity index (χ2v) is 4.41. The zero-order valence-electron chi connectivity index (χ0n) is 12.7. The van der Waals surface area contributed by atoms with Gasteiger partial charge in [-0.15, -0.1) is 0 Å². The summed E-state index contributed by atoms with van der Waals surface area (Å²) in [6.45, 7) is 7.75. The van der Waals surface area contributed by atoms with Crippen molar-refractivity contribution in [1.82, 2.24) is 4.90 Å². The maximum atomic E-state index is 12.6. The molecular weight excluding hydrogens is 274 g/mol. The van der Waals surface area contributed by atoms with Crippen LogP contribution in [0.4, 0.5) is 0 Å². The summed E-state index contributed by atoms with van der Waals surface area (Å²) in [5.74, 6) is 1.34. The molecule has 0 radical (unpaired) electrons. The first-order chi connectivity index (χ1) is 10.2. The summed E-state index contributed by atoms with van der Waals surface area (Å²) in [6, 6.07) is 3.43. The number of ether oxygens (including phenoxy) is 4. The number of amides is 1. The van der Waals surface area contributed by atoms with Crippen LogP contribution in [-0.4, -0.2) is 44.1 Å². The second-order valence-electron chi connectivity index (χ2n) is 4.41. The number of benzene rings is 1. The Morgan fingerprint density at radius 3 is 2.67 bits per heavy atom. The highest BCUT2D eigenvalue weighted by molar-refractivity contribution is 5.98. The molecule has 1 aliphatic rings. The number of hydrogen-bond donors (Lipinski definition) is 0. The molecule has 6 heteroatoms. The first kappa shape index (κ1) is 15.4. The van der Waals surface area contributed by atoms with Crippen LogP contribution in [0.15, 0.2) is 12.1 Å². The molecule has 0 fully saturated rings. The molecule has 0 bridgehead atoms. The van der Waals surface area contributed by atoms with E-state index in [1.807, 2.05) is 20.8 Å². The van der Waals surface area contributed by atoms with Crippen molar-refractivity contribution in [2.75, 3.05) is 33.3 Å². The summed E-state index contributed by atoms with van der Waals surface area (Å²) in [7, 11) is 0. The molecule has 0 atom stereocenters. The molecule has 21 heavy (non-hydrogen) atoms. The highest BCUT2D eigenvalue weighted by atomic mass is 16.7. The van der Waals surface area contributed by atoms with Crippen molar-refractivity contribution in [3.63, 3.8) is 0 Å². The van der Waals surface area contributed by atoms with Gasteiger partial charge in [0.1, 0.15) is 0 Å². The quantitative estimate of drug-likeness (QED) is 0.570. The maximum absolute atomic E-state index is 12.6. The van der Waals surface area contributed by atoms with E-state index >= 15 is 0 Å². The standard InChI is InChI=1S/C15H21NO5/c1-4-16(5-2)15(17)11-7-8-12-14(21-10-19-12)13(11)20-9-18-6-3/h7-8H,4-6,9-10H2,1-3H3. The Morgan fingerprint density at radius 1 is 1.24 bits per heavy atom. The third kappa shape index (κ3) is 3.21. The summed E-state index contributed by atoms with van der Waals surface area (Å²) < 4.78 is 21.6. The highest BCUT2D eigenvalue weighted by Gasteiger charge is 2.27. The van der Waals surface area contributed by atoms with Gasteiger partial charge in [0.05, 0.1) is 5.56 Å². The van der Waals surface area contributed by atoms with Crippen LogP contribution >= 0.6 is 0 Å². The Kier molecular flexibility index (Phi) is 5.27. The molecule has 1 aromatic carbocycles. The number of carbonyl (C=O) groups is 1. The van der Waals surface area contributed by atoms with Gasteiger partial charge in [-0.3, -0.25) is 4.79 Å². The predicted octanol–water partition coefficient (Wildman–Crippen LogP) is 2.27. The minimum absolute atomic E-state index is 0.0643. The van der Waals surface area contributed by atoms with E-state index in [0.717, 1.165) is 0 Å². The Morgan fingerprint density at radius 2 is 2.00 bits per heavy atom. The van der Waals surface area contributed by atoms with E-state index in [-0.39, 0.29) is 19.5 Å². The van der Waals surface area contributed by atoms with Crippen molar-refractivity contribution in [2.24, 2.45) is 0 Å². The van der Waals surface area contributed by atoms with Gasteiger partial charge in [0, 0.05) is 19.7 Å². The lowest BCUT2D eigenvalue weighted by atomic mass is 10.1. The van der Waals surface area contributed by atoms with Crippen LogP contribution in [0.3, 0.4) is 0 Å². The van der Waals surface area contributed by atoms with E-state index in [1.54, 1.807) is 17.0 Å². The third-order valence-electron chi connectivity index (χ3n) is 3.27. The average Bonchev–Trinajstić information content (AvgIpc) is 2.97. The highest BCUT2D eigenvalue weighted by Crippen LogP contribution is 2.43. The van der Waals surface area contributed by atoms with E-state index < -0.39 is 0 Å². The second kappa shape index (κ2) is 7.17. The maximum Gasteiger partial charge on any atom is 0.257 e. The fraction of sp³-hybridized carbons (Fsp3) is 0.533. The van der Waals surface area contributed by atoms with Crippen LogP contribution in [0, 0.1) is 0 Å². The molecule has 116 valence electrons. The smallest absolute Gasteiger partial charge is 0.257 e. The van der Waals surface area contributed by atoms with E-state index in [1.165, 1.54) is 0 Å². The van der Waals surface area contributed by atoms with Crippen molar-refractivity contribution in [3.8, 4) is 17.2 Å². The molecule has 1 aromatic rings. The van der Waals surface area contributed by atoms with Crippen LogP contribution in [0.25, 0.3) is 0 Å². The fourth-order valence-electron chi connectivity index (χ4n) is 2.12. The molecule has 2 rings (SSSR count). The number of carbonyl (C=O) groups excluding carboxylic acids is 1. The van der Waals surface area contributed by atoms with Crippen molar-refractivity contribution in [2.45, 2.75) is 20.8 Å². The van der Waals surface area contributed by atoms with Crippen molar-refractivity contribution in [3.05, 3.63) is 17.7 Å². The molecule has 6 nitrogen and oxygen atoms in total. The summed E-state index contributed by atoms with van der Waals surface area (Å²) >= 11 is 0. The Bertz CT molecular complexity index is 499. The molecule has 0 aliphatic carbocycles. The Hall–Kier alpha value is -1.95. The SMILES string of the molecule is CCOCOc1c(C(=O)N(CC)CC)ccc2c1OCO2. The van der Waals surface area contributed by atoms with Gasteiger partial charge in [-0.2, -0.15) is 0 Å². The first-order valence-electron chi connectivity index (χ1n) is 7.15. The number of hydrogen-bond acceptors (Lipinski definition) is 5. The molecule has 0 saturated heterocycles. The van der Waals surface area contributed by atoms with Gasteiger partial charge in [-0.05, 0) is 32.9 Å². The van der Waals surface area contributed by atoms with Crippen LogP contribution in [-0.2, 0) is 4.74 Å². The fourth-order valence-corrected chi connectivity index (χ4v) is 2.12. The summed E-state index contributed by atoms with van der Waals surface area (Å²) in [4.78, 5) is 14.3. The molecule has 0 saturated carbocycles. The van der Waals surface area contributed by atoms with Gasteiger partial charge in [-0.25, -0.2) is 0 Å². The summed E-state index contributed by atoms with van der Waals surface area (Å²) in [5.41, 5.74) is 0.461. The Labute approximate surface area is 124 Å². The number of rotatable bonds is 7. The molecule has 1 amide bonds. The largest absolute Gasteiger partial charge is 0.463 e. The lowest BCUT2D eigenvalue weighted by Gasteiger charge is -2.21. The normalized spacial score (nSPS) is 12.3. The van der Waals surface area contributed by atoms with Crippen LogP contribution in [0.2, 0.25) is 0 Å². The van der Waals surface area contributed by atoms with Crippen molar-refractivity contribution in [1.29, 1.82) is 0 Å². The number of fused-ring (bicyclic) bond motifs is 1. The molecule has 0 unspecified atom stereocenters. The van der Waals surface area contributed by atoms with E-state index in [9.17, 15) is 4.79 Å². The van der Waals surface area contributed by atoms with Gasteiger partial charge < -0.3 is 23.8 Å². The van der Waals surface area contributed by atoms with Crippen molar-refractivity contribution < 1.29 is 23.7 Å². The van der Waals surface area contributed by atoms with E-state index in [0.29, 0.717) is 42.5 Å². The summed E-state index contributed by atoms with van der Waals surface area (Å²) in [5, 5.41) is 0. The van der Waals surface area contributed by atoms with Crippen molar-refractivity contribution >= 4 is 5.91 Å². The average molecular weight is 295 g/mol. The molecule has 0 N–H and O–H groups in total. The van der Waals surface area contributed by atoms with Gasteiger partial charge in [0.25, 0.3) is 5.91 Å². The van der Waals surface area contributed by atoms with Gasteiger partial charge in [-0.1, -0.05) is 0 Å². The molecule has 1 heterocycles. The zero-order chi connectivity index (χ0) is 15.2.